The first-order chi connectivity index (χ1) is 9.25. The zero-order valence-electron chi connectivity index (χ0n) is 11.8. The monoisotopic (exact) mass is 266 g/mol. The van der Waals surface area contributed by atoms with E-state index in [0.717, 1.165) is 18.8 Å². The van der Waals surface area contributed by atoms with Crippen molar-refractivity contribution in [3.63, 3.8) is 0 Å². The molecule has 0 bridgehead atoms. The molecule has 0 spiro atoms. The number of halogens is 1. The van der Waals surface area contributed by atoms with E-state index in [0.29, 0.717) is 12.4 Å². The fourth-order valence-electron chi connectivity index (χ4n) is 2.64. The summed E-state index contributed by atoms with van der Waals surface area (Å²) in [5, 5.41) is 0. The van der Waals surface area contributed by atoms with Gasteiger partial charge in [0.25, 0.3) is 0 Å². The van der Waals surface area contributed by atoms with E-state index in [1.807, 2.05) is 0 Å². The molecule has 106 valence electrons. The molecule has 2 rings (SSSR count). The predicted octanol–water partition coefficient (Wildman–Crippen LogP) is 2.30. The third kappa shape index (κ3) is 4.83. The highest BCUT2D eigenvalue weighted by Crippen LogP contribution is 2.15. The lowest BCUT2D eigenvalue weighted by molar-refractivity contribution is -0.906. The van der Waals surface area contributed by atoms with Crippen LogP contribution in [0.5, 0.6) is 5.75 Å². The number of nitrogens with one attached hydrogen (secondary N) is 1. The largest absolute Gasteiger partial charge is 0.491 e. The van der Waals surface area contributed by atoms with Gasteiger partial charge in [-0.25, -0.2) is 4.39 Å². The molecule has 1 aromatic carbocycles. The zero-order valence-corrected chi connectivity index (χ0v) is 11.8. The molecular formula is C16H25FNO+. The van der Waals surface area contributed by atoms with Gasteiger partial charge in [-0.3, -0.25) is 0 Å². The maximum atomic E-state index is 13.3. The Morgan fingerprint density at radius 3 is 2.68 bits per heavy atom. The molecule has 1 aliphatic heterocycles. The zero-order chi connectivity index (χ0) is 13.5. The highest BCUT2D eigenvalue weighted by molar-refractivity contribution is 5.23. The van der Waals surface area contributed by atoms with E-state index in [9.17, 15) is 4.39 Å². The number of likely N-dealkylation sites (tertiary alicyclic amines) is 1. The number of ether oxygens (including phenoxy) is 1. The van der Waals surface area contributed by atoms with Gasteiger partial charge in [0.05, 0.1) is 26.2 Å². The van der Waals surface area contributed by atoms with Crippen LogP contribution in [0.25, 0.3) is 0 Å². The van der Waals surface area contributed by atoms with Crippen molar-refractivity contribution in [1.29, 1.82) is 0 Å². The molecule has 1 fully saturated rings. The van der Waals surface area contributed by atoms with Crippen LogP contribution in [0.1, 0.15) is 32.6 Å². The van der Waals surface area contributed by atoms with Crippen LogP contribution >= 0.6 is 0 Å². The Labute approximate surface area is 115 Å². The normalized spacial score (nSPS) is 23.3. The van der Waals surface area contributed by atoms with Gasteiger partial charge in [0, 0.05) is 0 Å². The molecule has 0 aromatic heterocycles. The second-order valence-electron chi connectivity index (χ2n) is 5.67. The van der Waals surface area contributed by atoms with Gasteiger partial charge < -0.3 is 9.64 Å². The summed E-state index contributed by atoms with van der Waals surface area (Å²) in [5.41, 5.74) is 0. The molecule has 0 amide bonds. The van der Waals surface area contributed by atoms with E-state index in [2.05, 4.69) is 6.92 Å². The van der Waals surface area contributed by atoms with E-state index in [1.54, 1.807) is 23.1 Å². The number of benzene rings is 1. The summed E-state index contributed by atoms with van der Waals surface area (Å²) in [6.07, 6.45) is 4.90. The third-order valence-electron chi connectivity index (χ3n) is 4.00. The van der Waals surface area contributed by atoms with Crippen molar-refractivity contribution in [2.75, 3.05) is 26.2 Å². The average molecular weight is 266 g/mol. The van der Waals surface area contributed by atoms with Crippen molar-refractivity contribution in [3.05, 3.63) is 30.1 Å². The third-order valence-corrected chi connectivity index (χ3v) is 4.00. The summed E-state index contributed by atoms with van der Waals surface area (Å²) < 4.78 is 18.8. The molecule has 3 heteroatoms. The Balaban J connectivity index is 1.56. The molecule has 1 N–H and O–H groups in total. The van der Waals surface area contributed by atoms with Gasteiger partial charge in [-0.2, -0.15) is 0 Å². The van der Waals surface area contributed by atoms with Gasteiger partial charge in [-0.15, -0.1) is 0 Å². The second kappa shape index (κ2) is 7.49. The first-order valence-electron chi connectivity index (χ1n) is 7.46. The fourth-order valence-corrected chi connectivity index (χ4v) is 2.64. The number of piperidine rings is 1. The summed E-state index contributed by atoms with van der Waals surface area (Å²) in [6, 6.07) is 6.61. The topological polar surface area (TPSA) is 13.7 Å². The number of hydrogen-bond donors (Lipinski definition) is 1. The number of quaternary nitrogens is 1. The van der Waals surface area contributed by atoms with Crippen LogP contribution in [0.4, 0.5) is 4.39 Å². The van der Waals surface area contributed by atoms with E-state index in [-0.39, 0.29) is 5.82 Å². The first kappa shape index (κ1) is 14.3. The Hall–Kier alpha value is -1.09. The van der Waals surface area contributed by atoms with Crippen molar-refractivity contribution in [3.8, 4) is 5.75 Å². The lowest BCUT2D eigenvalue weighted by Gasteiger charge is -2.27. The van der Waals surface area contributed by atoms with Crippen molar-refractivity contribution in [2.24, 2.45) is 5.92 Å². The Kier molecular flexibility index (Phi) is 5.64. The molecule has 1 heterocycles. The fraction of sp³-hybridized carbons (Fsp3) is 0.625. The molecule has 2 nitrogen and oxygen atoms in total. The molecule has 19 heavy (non-hydrogen) atoms. The van der Waals surface area contributed by atoms with Crippen LogP contribution < -0.4 is 9.64 Å². The number of unbranched alkanes of at least 4 members (excludes halogenated alkanes) is 1. The summed E-state index contributed by atoms with van der Waals surface area (Å²) in [7, 11) is 0. The van der Waals surface area contributed by atoms with Gasteiger partial charge in [0.15, 0.2) is 11.6 Å². The van der Waals surface area contributed by atoms with E-state index in [4.69, 9.17) is 4.74 Å². The molecule has 0 atom stereocenters. The van der Waals surface area contributed by atoms with Crippen molar-refractivity contribution < 1.29 is 14.0 Å². The first-order valence-corrected chi connectivity index (χ1v) is 7.46. The highest BCUT2D eigenvalue weighted by atomic mass is 19.1. The molecular weight excluding hydrogens is 241 g/mol. The molecule has 0 aliphatic carbocycles. The van der Waals surface area contributed by atoms with Crippen LogP contribution in [0.3, 0.4) is 0 Å². The Bertz CT molecular complexity index is 375. The van der Waals surface area contributed by atoms with Crippen molar-refractivity contribution in [2.45, 2.75) is 32.6 Å². The second-order valence-corrected chi connectivity index (χ2v) is 5.67. The summed E-state index contributed by atoms with van der Waals surface area (Å²) in [6.45, 7) is 6.82. The van der Waals surface area contributed by atoms with Gasteiger partial charge >= 0.3 is 0 Å². The van der Waals surface area contributed by atoms with Gasteiger partial charge in [0.2, 0.25) is 0 Å². The maximum Gasteiger partial charge on any atom is 0.165 e. The lowest BCUT2D eigenvalue weighted by Crippen LogP contribution is -3.13. The minimum absolute atomic E-state index is 0.266. The Morgan fingerprint density at radius 1 is 1.21 bits per heavy atom. The van der Waals surface area contributed by atoms with Crippen LogP contribution in [-0.4, -0.2) is 26.2 Å². The Morgan fingerprint density at radius 2 is 1.95 bits per heavy atom. The van der Waals surface area contributed by atoms with Gasteiger partial charge in [-0.1, -0.05) is 19.1 Å². The van der Waals surface area contributed by atoms with E-state index < -0.39 is 0 Å². The quantitative estimate of drug-likeness (QED) is 0.780. The SMILES string of the molecule is CC1CC[NH+](CCCCOc2ccccc2F)CC1. The van der Waals surface area contributed by atoms with Gasteiger partial charge in [0.1, 0.15) is 0 Å². The smallest absolute Gasteiger partial charge is 0.165 e. The number of hydrogen-bond acceptors (Lipinski definition) is 1. The molecule has 1 aromatic rings. The molecule has 0 radical (unpaired) electrons. The van der Waals surface area contributed by atoms with Crippen molar-refractivity contribution >= 4 is 0 Å². The molecule has 0 saturated carbocycles. The maximum absolute atomic E-state index is 13.3. The predicted molar refractivity (Wildman–Crippen MR) is 75.1 cm³/mol. The van der Waals surface area contributed by atoms with E-state index in [1.165, 1.54) is 38.5 Å². The molecule has 1 saturated heterocycles. The molecule has 1 aliphatic rings. The van der Waals surface area contributed by atoms with Crippen LogP contribution in [0.2, 0.25) is 0 Å². The van der Waals surface area contributed by atoms with E-state index >= 15 is 0 Å². The minimum Gasteiger partial charge on any atom is -0.491 e. The minimum atomic E-state index is -0.266. The standard InChI is InChI=1S/C16H24FNO/c1-14-8-11-18(12-9-14)10-4-5-13-19-16-7-3-2-6-15(16)17/h2-3,6-7,14H,4-5,8-13H2,1H3/p+1. The highest BCUT2D eigenvalue weighted by Gasteiger charge is 2.17. The van der Waals surface area contributed by atoms with Gasteiger partial charge in [-0.05, 0) is 43.7 Å². The lowest BCUT2D eigenvalue weighted by atomic mass is 9.99. The van der Waals surface area contributed by atoms with Crippen LogP contribution in [-0.2, 0) is 0 Å². The summed E-state index contributed by atoms with van der Waals surface area (Å²) in [4.78, 5) is 1.73. The number of para-hydroxylation sites is 1. The van der Waals surface area contributed by atoms with Crippen LogP contribution in [0.15, 0.2) is 24.3 Å². The van der Waals surface area contributed by atoms with Crippen LogP contribution in [0, 0.1) is 11.7 Å². The summed E-state index contributed by atoms with van der Waals surface area (Å²) >= 11 is 0. The summed E-state index contributed by atoms with van der Waals surface area (Å²) in [5.74, 6) is 1.02. The number of rotatable bonds is 6. The average Bonchev–Trinajstić information content (AvgIpc) is 2.42. The van der Waals surface area contributed by atoms with Crippen molar-refractivity contribution in [1.82, 2.24) is 0 Å². The molecule has 0 unspecified atom stereocenters.